The molecule has 0 spiro atoms. The Balaban J connectivity index is 2.18. The Hall–Kier alpha value is -1.59. The van der Waals surface area contributed by atoms with Gasteiger partial charge in [-0.3, -0.25) is 4.90 Å². The third kappa shape index (κ3) is 3.05. The van der Waals surface area contributed by atoms with Crippen LogP contribution in [0.2, 0.25) is 0 Å². The molecule has 1 aromatic carbocycles. The minimum absolute atomic E-state index is 0.0203. The summed E-state index contributed by atoms with van der Waals surface area (Å²) in [7, 11) is 0. The number of hydrogen-bond donors (Lipinski definition) is 2. The number of morpholine rings is 1. The van der Waals surface area contributed by atoms with E-state index in [1.54, 1.807) is 12.1 Å². The first kappa shape index (κ1) is 13.8. The Morgan fingerprint density at radius 2 is 2.26 bits per heavy atom. The minimum Gasteiger partial charge on any atom is -0.508 e. The Morgan fingerprint density at radius 1 is 1.53 bits per heavy atom. The fourth-order valence-electron chi connectivity index (χ4n) is 2.55. The van der Waals surface area contributed by atoms with Crippen LogP contribution in [-0.4, -0.2) is 46.9 Å². The van der Waals surface area contributed by atoms with E-state index in [9.17, 15) is 9.90 Å². The molecule has 1 saturated heterocycles. The van der Waals surface area contributed by atoms with E-state index in [2.05, 4.69) is 4.90 Å². The SMILES string of the molecule is CCC(c1ccccc1O)N1CCOC(C(=O)O)C1. The van der Waals surface area contributed by atoms with Crippen LogP contribution in [0.15, 0.2) is 24.3 Å². The van der Waals surface area contributed by atoms with Gasteiger partial charge >= 0.3 is 5.97 Å². The molecular formula is C14H19NO4. The molecule has 2 rings (SSSR count). The zero-order valence-corrected chi connectivity index (χ0v) is 11.0. The highest BCUT2D eigenvalue weighted by atomic mass is 16.5. The van der Waals surface area contributed by atoms with Crippen LogP contribution in [0.3, 0.4) is 0 Å². The molecule has 104 valence electrons. The maximum Gasteiger partial charge on any atom is 0.334 e. The van der Waals surface area contributed by atoms with E-state index in [0.29, 0.717) is 19.7 Å². The van der Waals surface area contributed by atoms with Gasteiger partial charge in [0.25, 0.3) is 0 Å². The highest BCUT2D eigenvalue weighted by molar-refractivity contribution is 5.72. The molecule has 1 heterocycles. The Morgan fingerprint density at radius 3 is 2.89 bits per heavy atom. The van der Waals surface area contributed by atoms with E-state index in [0.717, 1.165) is 12.0 Å². The first-order valence-corrected chi connectivity index (χ1v) is 6.49. The molecule has 0 aliphatic carbocycles. The largest absolute Gasteiger partial charge is 0.508 e. The number of carboxylic acid groups (broad SMARTS) is 1. The van der Waals surface area contributed by atoms with Crippen molar-refractivity contribution < 1.29 is 19.7 Å². The van der Waals surface area contributed by atoms with Gasteiger partial charge in [-0.05, 0) is 12.5 Å². The molecule has 5 nitrogen and oxygen atoms in total. The maximum atomic E-state index is 11.0. The van der Waals surface area contributed by atoms with E-state index in [1.165, 1.54) is 0 Å². The topological polar surface area (TPSA) is 70.0 Å². The van der Waals surface area contributed by atoms with Crippen LogP contribution in [0.4, 0.5) is 0 Å². The highest BCUT2D eigenvalue weighted by Gasteiger charge is 2.31. The average Bonchev–Trinajstić information content (AvgIpc) is 2.42. The second-order valence-electron chi connectivity index (χ2n) is 4.68. The monoisotopic (exact) mass is 265 g/mol. The van der Waals surface area contributed by atoms with Gasteiger partial charge in [-0.15, -0.1) is 0 Å². The number of ether oxygens (including phenoxy) is 1. The number of benzene rings is 1. The number of rotatable bonds is 4. The molecule has 0 aromatic heterocycles. The Bertz CT molecular complexity index is 449. The number of hydrogen-bond acceptors (Lipinski definition) is 4. The molecule has 2 unspecified atom stereocenters. The molecular weight excluding hydrogens is 246 g/mol. The van der Waals surface area contributed by atoms with Crippen LogP contribution in [0, 0.1) is 0 Å². The lowest BCUT2D eigenvalue weighted by atomic mass is 10.0. The first-order valence-electron chi connectivity index (χ1n) is 6.49. The number of phenolic OH excluding ortho intramolecular Hbond substituents is 1. The summed E-state index contributed by atoms with van der Waals surface area (Å²) in [6.07, 6.45) is 0.0258. The average molecular weight is 265 g/mol. The zero-order chi connectivity index (χ0) is 13.8. The number of carboxylic acids is 1. The first-order chi connectivity index (χ1) is 9.13. The summed E-state index contributed by atoms with van der Waals surface area (Å²) in [4.78, 5) is 13.1. The van der Waals surface area contributed by atoms with Crippen LogP contribution in [-0.2, 0) is 9.53 Å². The molecule has 19 heavy (non-hydrogen) atoms. The summed E-state index contributed by atoms with van der Waals surface area (Å²) in [5.41, 5.74) is 0.844. The van der Waals surface area contributed by atoms with Crippen LogP contribution < -0.4 is 0 Å². The molecule has 1 aromatic rings. The number of carbonyl (C=O) groups is 1. The summed E-state index contributed by atoms with van der Waals surface area (Å²) < 4.78 is 5.23. The van der Waals surface area contributed by atoms with Gasteiger partial charge in [0.15, 0.2) is 6.10 Å². The van der Waals surface area contributed by atoms with Crippen LogP contribution in [0.1, 0.15) is 24.9 Å². The smallest absolute Gasteiger partial charge is 0.334 e. The molecule has 0 amide bonds. The van der Waals surface area contributed by atoms with Gasteiger partial charge in [-0.2, -0.15) is 0 Å². The normalized spacial score (nSPS) is 22.1. The minimum atomic E-state index is -0.933. The van der Waals surface area contributed by atoms with Crippen LogP contribution >= 0.6 is 0 Å². The fourth-order valence-corrected chi connectivity index (χ4v) is 2.55. The van der Waals surface area contributed by atoms with Crippen LogP contribution in [0.25, 0.3) is 0 Å². The van der Waals surface area contributed by atoms with E-state index in [1.807, 2.05) is 19.1 Å². The van der Waals surface area contributed by atoms with Crippen molar-refractivity contribution in [2.75, 3.05) is 19.7 Å². The third-order valence-corrected chi connectivity index (χ3v) is 3.50. The van der Waals surface area contributed by atoms with E-state index < -0.39 is 12.1 Å². The Kier molecular flexibility index (Phi) is 4.39. The van der Waals surface area contributed by atoms with Gasteiger partial charge < -0.3 is 14.9 Å². The lowest BCUT2D eigenvalue weighted by molar-refractivity contribution is -0.157. The van der Waals surface area contributed by atoms with Crippen molar-refractivity contribution in [2.24, 2.45) is 0 Å². The predicted octanol–water partition coefficient (Wildman–Crippen LogP) is 1.63. The second-order valence-corrected chi connectivity index (χ2v) is 4.68. The molecule has 2 N–H and O–H groups in total. The van der Waals surface area contributed by atoms with E-state index in [-0.39, 0.29) is 11.8 Å². The third-order valence-electron chi connectivity index (χ3n) is 3.50. The van der Waals surface area contributed by atoms with Crippen molar-refractivity contribution in [2.45, 2.75) is 25.5 Å². The maximum absolute atomic E-state index is 11.0. The highest BCUT2D eigenvalue weighted by Crippen LogP contribution is 2.31. The lowest BCUT2D eigenvalue weighted by Gasteiger charge is -2.37. The number of aliphatic carboxylic acids is 1. The molecule has 1 aliphatic heterocycles. The van der Waals surface area contributed by atoms with Crippen molar-refractivity contribution >= 4 is 5.97 Å². The van der Waals surface area contributed by atoms with Gasteiger partial charge in [0.05, 0.1) is 6.61 Å². The summed E-state index contributed by atoms with van der Waals surface area (Å²) >= 11 is 0. The second kappa shape index (κ2) is 6.04. The van der Waals surface area contributed by atoms with Crippen molar-refractivity contribution in [1.82, 2.24) is 4.90 Å². The summed E-state index contributed by atoms with van der Waals surface area (Å²) in [5.74, 6) is -0.676. The molecule has 2 atom stereocenters. The number of nitrogens with zero attached hydrogens (tertiary/aromatic N) is 1. The zero-order valence-electron chi connectivity index (χ0n) is 11.0. The van der Waals surface area contributed by atoms with Gasteiger partial charge in [0.1, 0.15) is 5.75 Å². The van der Waals surface area contributed by atoms with Crippen LogP contribution in [0.5, 0.6) is 5.75 Å². The van der Waals surface area contributed by atoms with E-state index >= 15 is 0 Å². The van der Waals surface area contributed by atoms with Gasteiger partial charge in [-0.1, -0.05) is 25.1 Å². The predicted molar refractivity (Wildman–Crippen MR) is 70.1 cm³/mol. The standard InChI is InChI=1S/C14H19NO4/c1-2-11(10-5-3-4-6-12(10)16)15-7-8-19-13(9-15)14(17)18/h3-6,11,13,16H,2,7-9H2,1H3,(H,17,18). The number of phenols is 1. The van der Waals surface area contributed by atoms with Crippen molar-refractivity contribution in [3.8, 4) is 5.75 Å². The summed E-state index contributed by atoms with van der Waals surface area (Å²) in [6.45, 7) is 3.46. The number of para-hydroxylation sites is 1. The lowest BCUT2D eigenvalue weighted by Crippen LogP contribution is -2.47. The molecule has 5 heteroatoms. The molecule has 0 bridgehead atoms. The van der Waals surface area contributed by atoms with Crippen molar-refractivity contribution in [3.05, 3.63) is 29.8 Å². The molecule has 1 fully saturated rings. The summed E-state index contributed by atoms with van der Waals surface area (Å²) in [6, 6.07) is 7.23. The molecule has 0 radical (unpaired) electrons. The van der Waals surface area contributed by atoms with E-state index in [4.69, 9.17) is 9.84 Å². The summed E-state index contributed by atoms with van der Waals surface area (Å²) in [5, 5.41) is 19.0. The number of aromatic hydroxyl groups is 1. The fraction of sp³-hybridized carbons (Fsp3) is 0.500. The van der Waals surface area contributed by atoms with Crippen molar-refractivity contribution in [1.29, 1.82) is 0 Å². The molecule has 1 aliphatic rings. The Labute approximate surface area is 112 Å². The van der Waals surface area contributed by atoms with Gasteiger partial charge in [0.2, 0.25) is 0 Å². The van der Waals surface area contributed by atoms with Crippen molar-refractivity contribution in [3.63, 3.8) is 0 Å². The molecule has 0 saturated carbocycles. The van der Waals surface area contributed by atoms with Gasteiger partial charge in [0, 0.05) is 24.7 Å². The quantitative estimate of drug-likeness (QED) is 0.866. The van der Waals surface area contributed by atoms with Gasteiger partial charge in [-0.25, -0.2) is 4.79 Å².